The van der Waals surface area contributed by atoms with E-state index in [0.717, 1.165) is 25.2 Å². The summed E-state index contributed by atoms with van der Waals surface area (Å²) in [5.74, 6) is 1.23. The molecule has 1 aliphatic rings. The maximum absolute atomic E-state index is 12.1. The largest absolute Gasteiger partial charge is 0.484 e. The molecule has 6 heteroatoms. The van der Waals surface area contributed by atoms with Gasteiger partial charge >= 0.3 is 0 Å². The Morgan fingerprint density at radius 3 is 2.71 bits per heavy atom. The first kappa shape index (κ1) is 18.3. The van der Waals surface area contributed by atoms with Gasteiger partial charge in [-0.3, -0.25) is 4.79 Å². The Hall–Kier alpha value is -3.05. The minimum absolute atomic E-state index is 0.0805. The highest BCUT2D eigenvalue weighted by Gasteiger charge is 2.18. The number of rotatable bonds is 5. The van der Waals surface area contributed by atoms with E-state index in [2.05, 4.69) is 33.4 Å². The van der Waals surface area contributed by atoms with Gasteiger partial charge in [-0.25, -0.2) is 4.98 Å². The minimum Gasteiger partial charge on any atom is -0.484 e. The van der Waals surface area contributed by atoms with E-state index in [1.54, 1.807) is 30.5 Å². The number of nitrogens with one attached hydrogen (secondary N) is 1. The fourth-order valence-corrected chi connectivity index (χ4v) is 3.39. The summed E-state index contributed by atoms with van der Waals surface area (Å²) in [6, 6.07) is 19.1. The van der Waals surface area contributed by atoms with Gasteiger partial charge in [0.15, 0.2) is 6.61 Å². The molecule has 1 amide bonds. The van der Waals surface area contributed by atoms with Crippen molar-refractivity contribution in [2.24, 2.45) is 0 Å². The van der Waals surface area contributed by atoms with Crippen molar-refractivity contribution < 1.29 is 9.53 Å². The summed E-state index contributed by atoms with van der Waals surface area (Å²) in [6.45, 7) is 0.855. The normalized spacial score (nSPS) is 13.0. The van der Waals surface area contributed by atoms with Gasteiger partial charge < -0.3 is 15.0 Å². The standard InChI is InChI=1S/C22H20ClN3O2/c23-17-7-10-19(11-8-17)28-15-22(27)25-18-9-12-21(24-14-18)26-13-3-5-16-4-1-2-6-20(16)26/h1-2,4,6-12,14H,3,5,13,15H2,(H,25,27). The molecule has 2 heterocycles. The lowest BCUT2D eigenvalue weighted by molar-refractivity contribution is -0.118. The highest BCUT2D eigenvalue weighted by atomic mass is 35.5. The number of para-hydroxylation sites is 1. The second kappa shape index (κ2) is 8.31. The first-order chi connectivity index (χ1) is 13.7. The molecule has 0 unspecified atom stereocenters. The Morgan fingerprint density at radius 1 is 1.11 bits per heavy atom. The van der Waals surface area contributed by atoms with Crippen molar-refractivity contribution >= 4 is 34.7 Å². The fourth-order valence-electron chi connectivity index (χ4n) is 3.27. The van der Waals surface area contributed by atoms with Crippen LogP contribution in [0.1, 0.15) is 12.0 Å². The summed E-state index contributed by atoms with van der Waals surface area (Å²) < 4.78 is 5.45. The number of anilines is 3. The summed E-state index contributed by atoms with van der Waals surface area (Å²) in [6.07, 6.45) is 3.86. The first-order valence-electron chi connectivity index (χ1n) is 9.19. The Morgan fingerprint density at radius 2 is 1.93 bits per heavy atom. The molecule has 0 saturated carbocycles. The van der Waals surface area contributed by atoms with E-state index >= 15 is 0 Å². The lowest BCUT2D eigenvalue weighted by atomic mass is 10.0. The molecule has 0 aliphatic carbocycles. The molecule has 28 heavy (non-hydrogen) atoms. The highest BCUT2D eigenvalue weighted by Crippen LogP contribution is 2.32. The van der Waals surface area contributed by atoms with Gasteiger partial charge in [-0.2, -0.15) is 0 Å². The van der Waals surface area contributed by atoms with Crippen molar-refractivity contribution in [3.8, 4) is 5.75 Å². The predicted octanol–water partition coefficient (Wildman–Crippen LogP) is 4.84. The number of aryl methyl sites for hydroxylation is 1. The number of nitrogens with zero attached hydrogens (tertiary/aromatic N) is 2. The zero-order chi connectivity index (χ0) is 19.3. The number of carbonyl (C=O) groups excluding carboxylic acids is 1. The number of carbonyl (C=O) groups is 1. The SMILES string of the molecule is O=C(COc1ccc(Cl)cc1)Nc1ccc(N2CCCc3ccccc32)nc1. The maximum Gasteiger partial charge on any atom is 0.262 e. The molecule has 1 aromatic heterocycles. The van der Waals surface area contributed by atoms with Crippen LogP contribution in [0.4, 0.5) is 17.2 Å². The van der Waals surface area contributed by atoms with E-state index in [1.807, 2.05) is 18.2 Å². The number of ether oxygens (including phenoxy) is 1. The van der Waals surface area contributed by atoms with Crippen LogP contribution in [0.15, 0.2) is 66.9 Å². The lowest BCUT2D eigenvalue weighted by Crippen LogP contribution is -2.25. The molecular formula is C22H20ClN3O2. The molecule has 0 radical (unpaired) electrons. The zero-order valence-corrected chi connectivity index (χ0v) is 16.0. The van der Waals surface area contributed by atoms with Crippen LogP contribution < -0.4 is 15.0 Å². The molecule has 0 fully saturated rings. The van der Waals surface area contributed by atoms with Gasteiger partial charge in [0.25, 0.3) is 5.91 Å². The number of amides is 1. The van der Waals surface area contributed by atoms with Gasteiger partial charge in [0.2, 0.25) is 0 Å². The van der Waals surface area contributed by atoms with Gasteiger partial charge in [0, 0.05) is 17.3 Å². The summed E-state index contributed by atoms with van der Waals surface area (Å²) in [7, 11) is 0. The van der Waals surface area contributed by atoms with Crippen LogP contribution in [0, 0.1) is 0 Å². The molecule has 4 rings (SSSR count). The molecule has 1 N–H and O–H groups in total. The summed E-state index contributed by atoms with van der Waals surface area (Å²) in [5.41, 5.74) is 3.18. The molecule has 0 bridgehead atoms. The van der Waals surface area contributed by atoms with Crippen LogP contribution in [0.5, 0.6) is 5.75 Å². The molecule has 1 aliphatic heterocycles. The zero-order valence-electron chi connectivity index (χ0n) is 15.3. The van der Waals surface area contributed by atoms with Crippen LogP contribution in [-0.2, 0) is 11.2 Å². The Kier molecular flexibility index (Phi) is 5.44. The Bertz CT molecular complexity index is 958. The van der Waals surface area contributed by atoms with E-state index < -0.39 is 0 Å². The third-order valence-corrected chi connectivity index (χ3v) is 4.85. The first-order valence-corrected chi connectivity index (χ1v) is 9.56. The van der Waals surface area contributed by atoms with Crippen LogP contribution >= 0.6 is 11.6 Å². The fraction of sp³-hybridized carbons (Fsp3) is 0.182. The predicted molar refractivity (Wildman–Crippen MR) is 112 cm³/mol. The Labute approximate surface area is 168 Å². The molecular weight excluding hydrogens is 374 g/mol. The summed E-state index contributed by atoms with van der Waals surface area (Å²) in [4.78, 5) is 18.9. The maximum atomic E-state index is 12.1. The summed E-state index contributed by atoms with van der Waals surface area (Å²) in [5, 5.41) is 3.43. The second-order valence-corrected chi connectivity index (χ2v) is 7.02. The number of halogens is 1. The number of hydrogen-bond acceptors (Lipinski definition) is 4. The Balaban J connectivity index is 1.37. The molecule has 0 atom stereocenters. The third kappa shape index (κ3) is 4.26. The van der Waals surface area contributed by atoms with Crippen molar-refractivity contribution in [2.45, 2.75) is 12.8 Å². The van der Waals surface area contributed by atoms with Crippen LogP contribution in [0.2, 0.25) is 5.02 Å². The average Bonchev–Trinajstić information content (AvgIpc) is 2.73. The molecule has 0 saturated heterocycles. The van der Waals surface area contributed by atoms with Crippen molar-refractivity contribution in [3.63, 3.8) is 0 Å². The van der Waals surface area contributed by atoms with Crippen LogP contribution in [0.3, 0.4) is 0 Å². The van der Waals surface area contributed by atoms with E-state index in [1.165, 1.54) is 11.3 Å². The van der Waals surface area contributed by atoms with Crippen molar-refractivity contribution in [3.05, 3.63) is 77.4 Å². The van der Waals surface area contributed by atoms with Gasteiger partial charge in [-0.05, 0) is 60.9 Å². The van der Waals surface area contributed by atoms with E-state index in [-0.39, 0.29) is 12.5 Å². The molecule has 0 spiro atoms. The molecule has 2 aromatic carbocycles. The van der Waals surface area contributed by atoms with E-state index in [4.69, 9.17) is 16.3 Å². The van der Waals surface area contributed by atoms with Crippen molar-refractivity contribution in [1.29, 1.82) is 0 Å². The van der Waals surface area contributed by atoms with Crippen molar-refractivity contribution in [2.75, 3.05) is 23.4 Å². The minimum atomic E-state index is -0.243. The topological polar surface area (TPSA) is 54.5 Å². The summed E-state index contributed by atoms with van der Waals surface area (Å²) >= 11 is 5.83. The highest BCUT2D eigenvalue weighted by molar-refractivity contribution is 6.30. The van der Waals surface area contributed by atoms with Crippen molar-refractivity contribution in [1.82, 2.24) is 4.98 Å². The quantitative estimate of drug-likeness (QED) is 0.674. The van der Waals surface area contributed by atoms with Crippen LogP contribution in [0.25, 0.3) is 0 Å². The van der Waals surface area contributed by atoms with E-state index in [9.17, 15) is 4.79 Å². The number of pyridine rings is 1. The average molecular weight is 394 g/mol. The van der Waals surface area contributed by atoms with Gasteiger partial charge in [0.1, 0.15) is 11.6 Å². The number of hydrogen-bond donors (Lipinski definition) is 1. The number of fused-ring (bicyclic) bond motifs is 1. The number of benzene rings is 2. The molecule has 142 valence electrons. The van der Waals surface area contributed by atoms with Gasteiger partial charge in [-0.15, -0.1) is 0 Å². The van der Waals surface area contributed by atoms with Gasteiger partial charge in [0.05, 0.1) is 11.9 Å². The van der Waals surface area contributed by atoms with Crippen LogP contribution in [-0.4, -0.2) is 24.0 Å². The smallest absolute Gasteiger partial charge is 0.262 e. The van der Waals surface area contributed by atoms with E-state index in [0.29, 0.717) is 16.5 Å². The second-order valence-electron chi connectivity index (χ2n) is 6.58. The lowest BCUT2D eigenvalue weighted by Gasteiger charge is -2.30. The van der Waals surface area contributed by atoms with Gasteiger partial charge in [-0.1, -0.05) is 29.8 Å². The monoisotopic (exact) mass is 393 g/mol. The number of aromatic nitrogens is 1. The molecule has 5 nitrogen and oxygen atoms in total. The molecule has 3 aromatic rings. The third-order valence-electron chi connectivity index (χ3n) is 4.60.